The fourth-order valence-corrected chi connectivity index (χ4v) is 4.24. The molecule has 0 radical (unpaired) electrons. The maximum Gasteiger partial charge on any atom is 0.407 e. The summed E-state index contributed by atoms with van der Waals surface area (Å²) in [4.78, 5) is 13.6. The molecule has 0 unspecified atom stereocenters. The molecule has 0 bridgehead atoms. The predicted octanol–water partition coefficient (Wildman–Crippen LogP) is 6.93. The second kappa shape index (κ2) is 10.2. The Kier molecular flexibility index (Phi) is 6.64. The van der Waals surface area contributed by atoms with E-state index in [1.54, 1.807) is 6.07 Å². The molecule has 0 amide bonds. The minimum Gasteiger partial charge on any atom is -0.489 e. The Bertz CT molecular complexity index is 1430. The molecule has 0 fully saturated rings. The monoisotopic (exact) mass is 501 g/mol. The van der Waals surface area contributed by atoms with Crippen molar-refractivity contribution >= 4 is 22.9 Å². The summed E-state index contributed by atoms with van der Waals surface area (Å²) in [5, 5.41) is 3.32. The van der Waals surface area contributed by atoms with Gasteiger partial charge < -0.3 is 15.0 Å². The number of nitrogens with one attached hydrogen (secondary N) is 1. The van der Waals surface area contributed by atoms with Crippen molar-refractivity contribution in [1.29, 1.82) is 0 Å². The fraction of sp³-hybridized carbons (Fsp3) is 0.179. The van der Waals surface area contributed by atoms with E-state index in [-0.39, 0.29) is 0 Å². The summed E-state index contributed by atoms with van der Waals surface area (Å²) in [6.07, 6.45) is -2.58. The van der Waals surface area contributed by atoms with Gasteiger partial charge in [0.15, 0.2) is 5.69 Å². The third-order valence-corrected chi connectivity index (χ3v) is 6.14. The highest BCUT2D eigenvalue weighted by Gasteiger charge is 2.34. The van der Waals surface area contributed by atoms with Gasteiger partial charge in [0.05, 0.1) is 24.4 Å². The molecule has 1 aliphatic rings. The van der Waals surface area contributed by atoms with Crippen molar-refractivity contribution in [1.82, 2.24) is 9.97 Å². The van der Waals surface area contributed by atoms with Gasteiger partial charge in [-0.15, -0.1) is 0 Å². The molecule has 9 heteroatoms. The van der Waals surface area contributed by atoms with Gasteiger partial charge in [0.1, 0.15) is 24.5 Å². The fourth-order valence-electron chi connectivity index (χ4n) is 4.24. The molecule has 0 saturated heterocycles. The lowest BCUT2D eigenvalue weighted by Crippen LogP contribution is -2.32. The number of hydrogen-bond acceptors (Lipinski definition) is 5. The van der Waals surface area contributed by atoms with Gasteiger partial charge in [0.2, 0.25) is 0 Å². The summed E-state index contributed by atoms with van der Waals surface area (Å²) in [6.45, 7) is 8.36. The van der Waals surface area contributed by atoms with Crippen LogP contribution in [0.3, 0.4) is 0 Å². The van der Waals surface area contributed by atoms with Gasteiger partial charge in [-0.25, -0.2) is 14.8 Å². The van der Waals surface area contributed by atoms with Crippen molar-refractivity contribution in [3.8, 4) is 5.75 Å². The largest absolute Gasteiger partial charge is 0.489 e. The van der Waals surface area contributed by atoms with E-state index in [0.29, 0.717) is 37.6 Å². The zero-order valence-electron chi connectivity index (χ0n) is 19.7. The lowest BCUT2D eigenvalue weighted by molar-refractivity contribution is -0.136. The van der Waals surface area contributed by atoms with E-state index < -0.39 is 17.4 Å². The van der Waals surface area contributed by atoms with Gasteiger partial charge in [-0.05, 0) is 48.4 Å². The van der Waals surface area contributed by atoms with Crippen molar-refractivity contribution in [3.63, 3.8) is 0 Å². The molecule has 1 aliphatic heterocycles. The first-order valence-corrected chi connectivity index (χ1v) is 11.6. The standard InChI is InChI=1S/C28H22F3N5O/c1-32-25-12-9-21(15-24(25)28(29,30)31)36-14-13-23-26(16-36)33-18-34-27(23)35-20-7-10-22(11-8-20)37-17-19-5-3-2-4-6-19/h2-12,15,18H,13-14,16-17H2,(H,33,34,35). The van der Waals surface area contributed by atoms with Crippen molar-refractivity contribution in [2.24, 2.45) is 0 Å². The number of halogens is 3. The molecule has 5 rings (SSSR count). The summed E-state index contributed by atoms with van der Waals surface area (Å²) < 4.78 is 46.1. The number of ether oxygens (including phenoxy) is 1. The lowest BCUT2D eigenvalue weighted by Gasteiger charge is -2.31. The van der Waals surface area contributed by atoms with E-state index in [9.17, 15) is 13.2 Å². The molecule has 0 saturated carbocycles. The second-order valence-corrected chi connectivity index (χ2v) is 8.55. The molecular formula is C28H22F3N5O. The molecule has 4 aromatic rings. The molecule has 0 spiro atoms. The van der Waals surface area contributed by atoms with Crippen LogP contribution in [0.25, 0.3) is 4.85 Å². The second-order valence-electron chi connectivity index (χ2n) is 8.55. The molecule has 186 valence electrons. The number of alkyl halides is 3. The first-order valence-electron chi connectivity index (χ1n) is 11.6. The molecule has 0 aliphatic carbocycles. The van der Waals surface area contributed by atoms with E-state index in [1.807, 2.05) is 59.5 Å². The Hall–Kier alpha value is -4.58. The Balaban J connectivity index is 1.28. The minimum atomic E-state index is -4.59. The Morgan fingerprint density at radius 3 is 2.51 bits per heavy atom. The molecule has 2 heterocycles. The third-order valence-electron chi connectivity index (χ3n) is 6.14. The number of hydrogen-bond donors (Lipinski definition) is 1. The molecule has 37 heavy (non-hydrogen) atoms. The summed E-state index contributed by atoms with van der Waals surface area (Å²) in [7, 11) is 0. The van der Waals surface area contributed by atoms with Crippen molar-refractivity contribution in [2.75, 3.05) is 16.8 Å². The first-order chi connectivity index (χ1) is 17.9. The summed E-state index contributed by atoms with van der Waals surface area (Å²) in [6, 6.07) is 21.3. The third kappa shape index (κ3) is 5.48. The van der Waals surface area contributed by atoms with Gasteiger partial charge in [-0.1, -0.05) is 36.4 Å². The summed E-state index contributed by atoms with van der Waals surface area (Å²) >= 11 is 0. The van der Waals surface area contributed by atoms with E-state index in [0.717, 1.165) is 34.3 Å². The maximum atomic E-state index is 13.4. The zero-order chi connectivity index (χ0) is 25.8. The number of rotatable bonds is 6. The average Bonchev–Trinajstić information content (AvgIpc) is 2.92. The van der Waals surface area contributed by atoms with E-state index >= 15 is 0 Å². The van der Waals surface area contributed by atoms with Crippen molar-refractivity contribution in [3.05, 3.63) is 113 Å². The molecule has 3 aromatic carbocycles. The SMILES string of the molecule is [C-]#[N+]c1ccc(N2CCc3c(ncnc3Nc3ccc(OCc4ccccc4)cc3)C2)cc1C(F)(F)F. The van der Waals surface area contributed by atoms with Crippen LogP contribution in [0.1, 0.15) is 22.4 Å². The average molecular weight is 502 g/mol. The topological polar surface area (TPSA) is 54.6 Å². The van der Waals surface area contributed by atoms with E-state index in [4.69, 9.17) is 11.3 Å². The van der Waals surface area contributed by atoms with Gasteiger partial charge >= 0.3 is 6.18 Å². The quantitative estimate of drug-likeness (QED) is 0.290. The molecular weight excluding hydrogens is 479 g/mol. The Labute approximate surface area is 212 Å². The molecule has 0 atom stereocenters. The smallest absolute Gasteiger partial charge is 0.407 e. The van der Waals surface area contributed by atoms with Crippen LogP contribution >= 0.6 is 0 Å². The van der Waals surface area contributed by atoms with Crippen LogP contribution in [-0.4, -0.2) is 16.5 Å². The zero-order valence-corrected chi connectivity index (χ0v) is 19.7. The van der Waals surface area contributed by atoms with Crippen molar-refractivity contribution < 1.29 is 17.9 Å². The van der Waals surface area contributed by atoms with Crippen LogP contribution in [0.15, 0.2) is 79.1 Å². The number of benzene rings is 3. The van der Waals surface area contributed by atoms with Gasteiger partial charge in [-0.2, -0.15) is 13.2 Å². The van der Waals surface area contributed by atoms with Gasteiger partial charge in [0.25, 0.3) is 0 Å². The van der Waals surface area contributed by atoms with Crippen LogP contribution in [0.2, 0.25) is 0 Å². The number of anilines is 3. The number of aromatic nitrogens is 2. The highest BCUT2D eigenvalue weighted by atomic mass is 19.4. The molecule has 1 aromatic heterocycles. The highest BCUT2D eigenvalue weighted by Crippen LogP contribution is 2.39. The number of nitrogens with zero attached hydrogens (tertiary/aromatic N) is 4. The normalized spacial score (nSPS) is 13.0. The Morgan fingerprint density at radius 2 is 1.78 bits per heavy atom. The number of fused-ring (bicyclic) bond motifs is 1. The molecule has 6 nitrogen and oxygen atoms in total. The minimum absolute atomic E-state index is 0.341. The van der Waals surface area contributed by atoms with E-state index in [2.05, 4.69) is 20.1 Å². The Morgan fingerprint density at radius 1 is 1.00 bits per heavy atom. The van der Waals surface area contributed by atoms with E-state index in [1.165, 1.54) is 12.4 Å². The van der Waals surface area contributed by atoms with Crippen LogP contribution in [-0.2, 0) is 25.7 Å². The lowest BCUT2D eigenvalue weighted by atomic mass is 10.0. The van der Waals surface area contributed by atoms with Crippen LogP contribution in [0.5, 0.6) is 5.75 Å². The first kappa shape index (κ1) is 24.1. The maximum absolute atomic E-state index is 13.4. The van der Waals surface area contributed by atoms with Crippen molar-refractivity contribution in [2.45, 2.75) is 25.7 Å². The van der Waals surface area contributed by atoms with Gasteiger partial charge in [-0.3, -0.25) is 0 Å². The predicted molar refractivity (Wildman–Crippen MR) is 135 cm³/mol. The highest BCUT2D eigenvalue weighted by molar-refractivity contribution is 5.65. The van der Waals surface area contributed by atoms with Crippen LogP contribution in [0, 0.1) is 6.57 Å². The van der Waals surface area contributed by atoms with Gasteiger partial charge in [0, 0.05) is 23.5 Å². The summed E-state index contributed by atoms with van der Waals surface area (Å²) in [5.74, 6) is 1.42. The molecule has 1 N–H and O–H groups in total. The van der Waals surface area contributed by atoms with Crippen LogP contribution in [0.4, 0.5) is 36.1 Å². The summed E-state index contributed by atoms with van der Waals surface area (Å²) in [5.41, 5.74) is 2.67. The van der Waals surface area contributed by atoms with Crippen LogP contribution < -0.4 is 15.0 Å².